The SMILES string of the molecule is CCCCCC(c1ccc(C#N)c(C)c1)N1CCN(CCCOc2ccc(F)cc2)CC1. The lowest BCUT2D eigenvalue weighted by molar-refractivity contribution is 0.0872. The highest BCUT2D eigenvalue weighted by molar-refractivity contribution is 5.40. The van der Waals surface area contributed by atoms with Gasteiger partial charge in [-0.05, 0) is 61.2 Å². The number of piperazine rings is 1. The van der Waals surface area contributed by atoms with Crippen molar-refractivity contribution in [1.82, 2.24) is 9.80 Å². The molecule has 0 aromatic heterocycles. The van der Waals surface area contributed by atoms with Crippen molar-refractivity contribution in [2.24, 2.45) is 0 Å². The van der Waals surface area contributed by atoms with Crippen molar-refractivity contribution in [2.75, 3.05) is 39.3 Å². The van der Waals surface area contributed by atoms with Gasteiger partial charge >= 0.3 is 0 Å². The number of unbranched alkanes of at least 4 members (excludes halogenated alkanes) is 2. The summed E-state index contributed by atoms with van der Waals surface area (Å²) < 4.78 is 18.7. The highest BCUT2D eigenvalue weighted by Gasteiger charge is 2.25. The van der Waals surface area contributed by atoms with Crippen LogP contribution in [0.3, 0.4) is 0 Å². The minimum atomic E-state index is -0.237. The molecule has 0 N–H and O–H groups in total. The maximum Gasteiger partial charge on any atom is 0.123 e. The third-order valence-corrected chi connectivity index (χ3v) is 6.39. The fourth-order valence-corrected chi connectivity index (χ4v) is 4.47. The van der Waals surface area contributed by atoms with Crippen molar-refractivity contribution in [2.45, 2.75) is 52.0 Å². The molecule has 0 aliphatic carbocycles. The minimum Gasteiger partial charge on any atom is -0.494 e. The zero-order chi connectivity index (χ0) is 22.8. The normalized spacial score (nSPS) is 15.9. The quantitative estimate of drug-likeness (QED) is 0.422. The predicted octanol–water partition coefficient (Wildman–Crippen LogP) is 5.71. The molecule has 0 saturated carbocycles. The highest BCUT2D eigenvalue weighted by Crippen LogP contribution is 2.29. The highest BCUT2D eigenvalue weighted by atomic mass is 19.1. The Bertz CT molecular complexity index is 869. The van der Waals surface area contributed by atoms with Crippen LogP contribution in [0.25, 0.3) is 0 Å². The predicted molar refractivity (Wildman–Crippen MR) is 127 cm³/mol. The van der Waals surface area contributed by atoms with Gasteiger partial charge in [0.1, 0.15) is 11.6 Å². The van der Waals surface area contributed by atoms with E-state index in [0.29, 0.717) is 12.6 Å². The molecule has 0 radical (unpaired) electrons. The number of halogens is 1. The molecule has 1 fully saturated rings. The van der Waals surface area contributed by atoms with Crippen molar-refractivity contribution in [3.8, 4) is 11.8 Å². The summed E-state index contributed by atoms with van der Waals surface area (Å²) in [6, 6.07) is 15.3. The molecule has 2 aromatic carbocycles. The van der Waals surface area contributed by atoms with E-state index in [4.69, 9.17) is 4.74 Å². The van der Waals surface area contributed by atoms with Crippen molar-refractivity contribution in [3.05, 3.63) is 65.0 Å². The average Bonchev–Trinajstić information content (AvgIpc) is 2.81. The van der Waals surface area contributed by atoms with E-state index in [0.717, 1.165) is 56.0 Å². The van der Waals surface area contributed by atoms with E-state index in [-0.39, 0.29) is 5.82 Å². The number of hydrogen-bond acceptors (Lipinski definition) is 4. The number of nitriles is 1. The van der Waals surface area contributed by atoms with Gasteiger partial charge in [0.2, 0.25) is 0 Å². The second-order valence-electron chi connectivity index (χ2n) is 8.73. The first-order valence-corrected chi connectivity index (χ1v) is 12.0. The van der Waals surface area contributed by atoms with Crippen molar-refractivity contribution < 1.29 is 9.13 Å². The first-order valence-electron chi connectivity index (χ1n) is 12.0. The van der Waals surface area contributed by atoms with Crippen molar-refractivity contribution in [3.63, 3.8) is 0 Å². The fourth-order valence-electron chi connectivity index (χ4n) is 4.47. The monoisotopic (exact) mass is 437 g/mol. The van der Waals surface area contributed by atoms with E-state index in [1.807, 2.05) is 13.0 Å². The number of nitrogens with zero attached hydrogens (tertiary/aromatic N) is 3. The Morgan fingerprint density at radius 2 is 1.78 bits per heavy atom. The van der Waals surface area contributed by atoms with E-state index in [1.54, 1.807) is 12.1 Å². The fraction of sp³-hybridized carbons (Fsp3) is 0.519. The second kappa shape index (κ2) is 12.6. The smallest absolute Gasteiger partial charge is 0.123 e. The van der Waals surface area contributed by atoms with Gasteiger partial charge in [0.25, 0.3) is 0 Å². The summed E-state index contributed by atoms with van der Waals surface area (Å²) in [5, 5.41) is 9.27. The van der Waals surface area contributed by atoms with Crippen LogP contribution in [-0.4, -0.2) is 49.1 Å². The molecule has 1 atom stereocenters. The molecule has 1 heterocycles. The molecule has 0 spiro atoms. The minimum absolute atomic E-state index is 0.237. The lowest BCUT2D eigenvalue weighted by Crippen LogP contribution is -2.48. The number of benzene rings is 2. The molecule has 5 heteroatoms. The molecular formula is C27H36FN3O. The van der Waals surface area contributed by atoms with Crippen LogP contribution in [0.4, 0.5) is 4.39 Å². The van der Waals surface area contributed by atoms with Crippen LogP contribution >= 0.6 is 0 Å². The summed E-state index contributed by atoms with van der Waals surface area (Å²) >= 11 is 0. The Hall–Kier alpha value is -2.42. The molecule has 172 valence electrons. The average molecular weight is 438 g/mol. The van der Waals surface area contributed by atoms with Gasteiger partial charge in [-0.3, -0.25) is 4.90 Å². The molecule has 32 heavy (non-hydrogen) atoms. The van der Waals surface area contributed by atoms with Crippen LogP contribution in [0.5, 0.6) is 5.75 Å². The van der Waals surface area contributed by atoms with Crippen LogP contribution in [0.15, 0.2) is 42.5 Å². The summed E-state index contributed by atoms with van der Waals surface area (Å²) in [4.78, 5) is 5.14. The lowest BCUT2D eigenvalue weighted by atomic mass is 9.95. The second-order valence-corrected chi connectivity index (χ2v) is 8.73. The van der Waals surface area contributed by atoms with Gasteiger partial charge in [0, 0.05) is 38.8 Å². The van der Waals surface area contributed by atoms with Gasteiger partial charge in [0.15, 0.2) is 0 Å². The Kier molecular flexibility index (Phi) is 9.52. The van der Waals surface area contributed by atoms with Crippen molar-refractivity contribution in [1.29, 1.82) is 5.26 Å². The summed E-state index contributed by atoms with van der Waals surface area (Å²) in [7, 11) is 0. The standard InChI is InChI=1S/C27H36FN3O/c1-3-4-5-7-27(23-8-9-24(21-29)22(2)20-23)31-17-15-30(16-18-31)14-6-19-32-26-12-10-25(28)11-13-26/h8-13,20,27H,3-7,14-19H2,1-2H3. The molecule has 2 aromatic rings. The maximum atomic E-state index is 13.0. The van der Waals surface area contributed by atoms with Gasteiger partial charge in [-0.2, -0.15) is 5.26 Å². The molecule has 4 nitrogen and oxygen atoms in total. The number of ether oxygens (including phenoxy) is 1. The zero-order valence-electron chi connectivity index (χ0n) is 19.5. The summed E-state index contributed by atoms with van der Waals surface area (Å²) in [5.74, 6) is 0.489. The Morgan fingerprint density at radius 3 is 2.44 bits per heavy atom. The lowest BCUT2D eigenvalue weighted by Gasteiger charge is -2.40. The molecule has 1 unspecified atom stereocenters. The molecule has 0 amide bonds. The van der Waals surface area contributed by atoms with Gasteiger partial charge in [-0.15, -0.1) is 0 Å². The first kappa shape index (κ1) is 24.2. The molecule has 1 aliphatic rings. The van der Waals surface area contributed by atoms with Gasteiger partial charge < -0.3 is 9.64 Å². The topological polar surface area (TPSA) is 39.5 Å². The van der Waals surface area contributed by atoms with Gasteiger partial charge in [0.05, 0.1) is 18.2 Å². The molecule has 3 rings (SSSR count). The zero-order valence-corrected chi connectivity index (χ0v) is 19.5. The van der Waals surface area contributed by atoms with Crippen molar-refractivity contribution >= 4 is 0 Å². The van der Waals surface area contributed by atoms with Crippen LogP contribution in [-0.2, 0) is 0 Å². The van der Waals surface area contributed by atoms with E-state index < -0.39 is 0 Å². The van der Waals surface area contributed by atoms with Crippen LogP contribution < -0.4 is 4.74 Å². The molecule has 0 bridgehead atoms. The van der Waals surface area contributed by atoms with Crippen LogP contribution in [0.2, 0.25) is 0 Å². The number of hydrogen-bond donors (Lipinski definition) is 0. The van der Waals surface area contributed by atoms with E-state index >= 15 is 0 Å². The number of rotatable bonds is 11. The summed E-state index contributed by atoms with van der Waals surface area (Å²) in [6.07, 6.45) is 5.87. The summed E-state index contributed by atoms with van der Waals surface area (Å²) in [6.45, 7) is 10.2. The summed E-state index contributed by atoms with van der Waals surface area (Å²) in [5.41, 5.74) is 3.19. The third kappa shape index (κ3) is 7.05. The Labute approximate surface area is 192 Å². The van der Waals surface area contributed by atoms with Crippen LogP contribution in [0.1, 0.15) is 61.8 Å². The van der Waals surface area contributed by atoms with Gasteiger partial charge in [-0.1, -0.05) is 38.3 Å². The number of aryl methyl sites for hydroxylation is 1. The van der Waals surface area contributed by atoms with Crippen LogP contribution in [0, 0.1) is 24.1 Å². The Balaban J connectivity index is 1.49. The molecule has 1 saturated heterocycles. The molecule has 1 aliphatic heterocycles. The largest absolute Gasteiger partial charge is 0.494 e. The third-order valence-electron chi connectivity index (χ3n) is 6.39. The van der Waals surface area contributed by atoms with E-state index in [1.165, 1.54) is 43.4 Å². The van der Waals surface area contributed by atoms with E-state index in [2.05, 4.69) is 34.9 Å². The molecular weight excluding hydrogens is 401 g/mol. The van der Waals surface area contributed by atoms with Gasteiger partial charge in [-0.25, -0.2) is 4.39 Å². The maximum absolute atomic E-state index is 13.0. The van der Waals surface area contributed by atoms with E-state index in [9.17, 15) is 9.65 Å². The first-order chi connectivity index (χ1) is 15.6. The Morgan fingerprint density at radius 1 is 1.03 bits per heavy atom.